The summed E-state index contributed by atoms with van der Waals surface area (Å²) in [5, 5.41) is 3.45. The second-order valence-corrected chi connectivity index (χ2v) is 10.1. The Hall–Kier alpha value is -1.57. The molecule has 1 aliphatic carbocycles. The number of rotatable bonds is 4. The average molecular weight is 459 g/mol. The molecule has 32 heavy (non-hydrogen) atoms. The van der Waals surface area contributed by atoms with Gasteiger partial charge in [-0.25, -0.2) is 4.98 Å². The van der Waals surface area contributed by atoms with Crippen molar-refractivity contribution in [3.63, 3.8) is 0 Å². The predicted molar refractivity (Wildman–Crippen MR) is 130 cm³/mol. The molecule has 0 amide bonds. The van der Waals surface area contributed by atoms with Crippen molar-refractivity contribution in [2.75, 3.05) is 32.7 Å². The number of hydrogen-bond donors (Lipinski definition) is 1. The first-order valence-electron chi connectivity index (χ1n) is 12.5. The maximum atomic E-state index is 8.29. The van der Waals surface area contributed by atoms with Crippen molar-refractivity contribution in [1.29, 1.82) is 0 Å². The molecule has 0 atom stereocenters. The van der Waals surface area contributed by atoms with Gasteiger partial charge < -0.3 is 14.8 Å². The van der Waals surface area contributed by atoms with E-state index in [-0.39, 0.29) is 0 Å². The van der Waals surface area contributed by atoms with E-state index in [1.807, 2.05) is 0 Å². The highest BCUT2D eigenvalue weighted by molar-refractivity contribution is 7.51. The van der Waals surface area contributed by atoms with Crippen molar-refractivity contribution < 1.29 is 8.42 Å². The van der Waals surface area contributed by atoms with Crippen LogP contribution in [0.3, 0.4) is 0 Å². The Labute approximate surface area is 195 Å². The van der Waals surface area contributed by atoms with Crippen molar-refractivity contribution in [2.24, 2.45) is 5.92 Å². The Morgan fingerprint density at radius 2 is 1.66 bits per heavy atom. The fourth-order valence-electron chi connectivity index (χ4n) is 5.82. The van der Waals surface area contributed by atoms with Gasteiger partial charge in [-0.05, 0) is 56.2 Å². The van der Waals surface area contributed by atoms with Crippen LogP contribution in [-0.4, -0.2) is 55.6 Å². The normalized spacial score (nSPS) is 21.9. The third kappa shape index (κ3) is 5.67. The fraction of sp³-hybridized carbons (Fsp3) is 0.720. The first-order chi connectivity index (χ1) is 15.7. The molecule has 0 bridgehead atoms. The molecule has 5 rings (SSSR count). The molecule has 3 aliphatic rings. The maximum Gasteiger partial charge on any atom is 0.335 e. The van der Waals surface area contributed by atoms with Crippen LogP contribution in [0.25, 0.3) is 11.0 Å². The number of nitrogens with one attached hydrogen (secondary N) is 1. The van der Waals surface area contributed by atoms with Crippen LogP contribution < -0.4 is 5.32 Å². The van der Waals surface area contributed by atoms with Gasteiger partial charge in [0.2, 0.25) is 0 Å². The molecule has 1 N–H and O–H groups in total. The molecular weight excluding hydrogens is 420 g/mol. The van der Waals surface area contributed by atoms with Gasteiger partial charge in [0, 0.05) is 44.7 Å². The molecule has 0 radical (unpaired) electrons. The molecule has 6 nitrogen and oxygen atoms in total. The number of benzene rings is 1. The minimum atomic E-state index is -0.750. The molecule has 1 aromatic carbocycles. The van der Waals surface area contributed by atoms with E-state index in [1.54, 1.807) is 0 Å². The van der Waals surface area contributed by atoms with Crippen LogP contribution >= 0.6 is 0 Å². The lowest BCUT2D eigenvalue weighted by Gasteiger charge is -2.37. The van der Waals surface area contributed by atoms with Crippen LogP contribution in [0, 0.1) is 12.8 Å². The van der Waals surface area contributed by atoms with Crippen LogP contribution in [0.15, 0.2) is 18.2 Å². The fourth-order valence-corrected chi connectivity index (χ4v) is 5.82. The summed E-state index contributed by atoms with van der Waals surface area (Å²) in [6.07, 6.45) is 12.8. The topological polar surface area (TPSA) is 67.2 Å². The summed E-state index contributed by atoms with van der Waals surface area (Å²) in [6, 6.07) is 7.46. The highest BCUT2D eigenvalue weighted by atomic mass is 32.1. The van der Waals surface area contributed by atoms with E-state index < -0.39 is 11.6 Å². The number of likely N-dealkylation sites (tertiary alicyclic amines) is 1. The number of nitrogens with zero attached hydrogens (tertiary/aromatic N) is 3. The highest BCUT2D eigenvalue weighted by Gasteiger charge is 2.30. The summed E-state index contributed by atoms with van der Waals surface area (Å²) < 4.78 is 19.2. The van der Waals surface area contributed by atoms with E-state index in [0.717, 1.165) is 19.0 Å². The van der Waals surface area contributed by atoms with Crippen LogP contribution in [0.5, 0.6) is 0 Å². The first-order valence-corrected chi connectivity index (χ1v) is 13.2. The van der Waals surface area contributed by atoms with Gasteiger partial charge in [0.25, 0.3) is 0 Å². The van der Waals surface area contributed by atoms with Crippen LogP contribution in [0.4, 0.5) is 0 Å². The van der Waals surface area contributed by atoms with Gasteiger partial charge in [-0.2, -0.15) is 8.42 Å². The molecular formula is C25H38N4O2S. The Morgan fingerprint density at radius 1 is 1.00 bits per heavy atom. The molecule has 2 aromatic rings. The molecule has 1 saturated carbocycles. The maximum absolute atomic E-state index is 8.29. The van der Waals surface area contributed by atoms with E-state index in [4.69, 9.17) is 13.4 Å². The number of aromatic nitrogens is 2. The molecule has 2 saturated heterocycles. The van der Waals surface area contributed by atoms with Crippen molar-refractivity contribution in [3.05, 3.63) is 29.6 Å². The van der Waals surface area contributed by atoms with Gasteiger partial charge in [0.05, 0.1) is 11.0 Å². The molecule has 3 heterocycles. The van der Waals surface area contributed by atoms with Gasteiger partial charge in [-0.1, -0.05) is 38.2 Å². The zero-order chi connectivity index (χ0) is 22.3. The number of piperidine rings is 1. The zero-order valence-corrected chi connectivity index (χ0v) is 20.2. The van der Waals surface area contributed by atoms with Gasteiger partial charge in [0.1, 0.15) is 5.82 Å². The number of aryl methyl sites for hydroxylation is 1. The minimum Gasteiger partial charge on any atom is -0.324 e. The Bertz CT molecular complexity index is 904. The molecule has 176 valence electrons. The quantitative estimate of drug-likeness (QED) is 0.737. The van der Waals surface area contributed by atoms with Crippen molar-refractivity contribution >= 4 is 22.6 Å². The Balaban J connectivity index is 0.000000775. The van der Waals surface area contributed by atoms with Gasteiger partial charge in [-0.3, -0.25) is 0 Å². The molecule has 0 spiro atoms. The summed E-state index contributed by atoms with van der Waals surface area (Å²) in [4.78, 5) is 7.89. The lowest BCUT2D eigenvalue weighted by molar-refractivity contribution is 0.151. The van der Waals surface area contributed by atoms with E-state index in [9.17, 15) is 0 Å². The molecule has 7 heteroatoms. The second kappa shape index (κ2) is 11.5. The summed E-state index contributed by atoms with van der Waals surface area (Å²) in [5.74, 6) is 2.87. The number of imidazole rings is 1. The smallest absolute Gasteiger partial charge is 0.324 e. The van der Waals surface area contributed by atoms with Crippen molar-refractivity contribution in [1.82, 2.24) is 19.8 Å². The summed E-state index contributed by atoms with van der Waals surface area (Å²) in [5.41, 5.74) is 3.87. The van der Waals surface area contributed by atoms with Crippen LogP contribution in [-0.2, 0) is 11.6 Å². The molecule has 2 aliphatic heterocycles. The Morgan fingerprint density at radius 3 is 2.28 bits per heavy atom. The van der Waals surface area contributed by atoms with E-state index >= 15 is 0 Å². The predicted octanol–water partition coefficient (Wildman–Crippen LogP) is 4.36. The zero-order valence-electron chi connectivity index (χ0n) is 19.4. The van der Waals surface area contributed by atoms with Gasteiger partial charge >= 0.3 is 11.6 Å². The monoisotopic (exact) mass is 458 g/mol. The lowest BCUT2D eigenvalue weighted by Crippen LogP contribution is -2.43. The summed E-state index contributed by atoms with van der Waals surface area (Å²) in [7, 11) is 0. The van der Waals surface area contributed by atoms with E-state index in [1.165, 1.54) is 99.8 Å². The van der Waals surface area contributed by atoms with Crippen molar-refractivity contribution in [3.8, 4) is 0 Å². The number of hydrogen-bond acceptors (Lipinski definition) is 5. The minimum absolute atomic E-state index is 0.593. The van der Waals surface area contributed by atoms with Crippen LogP contribution in [0.1, 0.15) is 81.1 Å². The van der Waals surface area contributed by atoms with Crippen LogP contribution in [0.2, 0.25) is 0 Å². The third-order valence-corrected chi connectivity index (χ3v) is 7.68. The summed E-state index contributed by atoms with van der Waals surface area (Å²) in [6.45, 7) is 8.21. The molecule has 3 fully saturated rings. The molecule has 0 unspecified atom stereocenters. The van der Waals surface area contributed by atoms with Gasteiger partial charge in [0.15, 0.2) is 0 Å². The largest absolute Gasteiger partial charge is 0.335 e. The number of fused-ring (bicyclic) bond motifs is 1. The summed E-state index contributed by atoms with van der Waals surface area (Å²) >= 11 is -0.750. The van der Waals surface area contributed by atoms with Gasteiger partial charge in [-0.15, -0.1) is 0 Å². The standard InChI is InChI=1S/C25H38N4.O2S/c1-19-9-10-24-23(15-19)27-25(21-16-26-17-21)29(24)22-11-13-28(14-12-22)18-20-7-5-3-2-4-6-8-20;1-3-2/h9-10,15,20-22,26H,2-8,11-14,16-18H2,1H3;. The van der Waals surface area contributed by atoms with E-state index in [0.29, 0.717) is 12.0 Å². The lowest BCUT2D eigenvalue weighted by atomic mass is 9.90. The second-order valence-electron chi connectivity index (χ2n) is 10.00. The first kappa shape index (κ1) is 23.6. The SMILES string of the molecule is Cc1ccc2c(c1)nc(C1CNC1)n2C1CCN(CC2CCCCCCC2)CC1.O=S=O. The van der Waals surface area contributed by atoms with E-state index in [2.05, 4.69) is 39.9 Å². The average Bonchev–Trinajstić information content (AvgIpc) is 3.07. The van der Waals surface area contributed by atoms with Crippen molar-refractivity contribution in [2.45, 2.75) is 76.7 Å². The highest BCUT2D eigenvalue weighted by Crippen LogP contribution is 2.34. The third-order valence-electron chi connectivity index (χ3n) is 7.68. The molecule has 1 aromatic heterocycles. The Kier molecular flexibility index (Phi) is 8.49.